The van der Waals surface area contributed by atoms with Crippen LogP contribution < -0.4 is 5.73 Å². The summed E-state index contributed by atoms with van der Waals surface area (Å²) in [6.07, 6.45) is 0. The Bertz CT molecular complexity index is 277. The topological polar surface area (TPSA) is 46.2 Å². The van der Waals surface area contributed by atoms with Crippen molar-refractivity contribution in [2.45, 2.75) is 6.54 Å². The van der Waals surface area contributed by atoms with Gasteiger partial charge in [-0.05, 0) is 28.1 Å². The zero-order valence-corrected chi connectivity index (χ0v) is 7.23. The molecular formula is C7H7BrFNO. The first-order chi connectivity index (χ1) is 5.16. The quantitative estimate of drug-likeness (QED) is 0.757. The molecule has 0 bridgehead atoms. The molecule has 0 atom stereocenters. The molecule has 0 aliphatic rings. The van der Waals surface area contributed by atoms with Gasteiger partial charge in [0.25, 0.3) is 0 Å². The van der Waals surface area contributed by atoms with E-state index in [1.165, 1.54) is 12.1 Å². The maximum Gasteiger partial charge on any atom is 0.137 e. The number of phenolic OH excluding ortho intramolecular Hbond substituents is 1. The number of rotatable bonds is 1. The minimum absolute atomic E-state index is 0.00287. The molecule has 0 radical (unpaired) electrons. The summed E-state index contributed by atoms with van der Waals surface area (Å²) < 4.78 is 13.2. The Hall–Kier alpha value is -0.610. The predicted octanol–water partition coefficient (Wildman–Crippen LogP) is 1.75. The van der Waals surface area contributed by atoms with E-state index in [1.807, 2.05) is 0 Å². The van der Waals surface area contributed by atoms with Gasteiger partial charge in [0.05, 0.1) is 4.47 Å². The van der Waals surface area contributed by atoms with Gasteiger partial charge in [0, 0.05) is 12.1 Å². The van der Waals surface area contributed by atoms with Crippen molar-refractivity contribution in [1.29, 1.82) is 0 Å². The Morgan fingerprint density at radius 2 is 2.18 bits per heavy atom. The molecule has 0 aromatic heterocycles. The molecule has 0 fully saturated rings. The van der Waals surface area contributed by atoms with Crippen molar-refractivity contribution in [2.24, 2.45) is 5.73 Å². The van der Waals surface area contributed by atoms with E-state index in [0.717, 1.165) is 0 Å². The SMILES string of the molecule is NCc1c(F)ccc(Br)c1O. The average Bonchev–Trinajstić information content (AvgIpc) is 1.99. The van der Waals surface area contributed by atoms with Gasteiger partial charge in [-0.1, -0.05) is 0 Å². The van der Waals surface area contributed by atoms with E-state index >= 15 is 0 Å². The van der Waals surface area contributed by atoms with E-state index in [-0.39, 0.29) is 17.9 Å². The summed E-state index contributed by atoms with van der Waals surface area (Å²) in [7, 11) is 0. The molecule has 60 valence electrons. The first-order valence-electron chi connectivity index (χ1n) is 3.02. The minimum atomic E-state index is -0.479. The molecule has 4 heteroatoms. The molecular weight excluding hydrogens is 213 g/mol. The molecule has 0 unspecified atom stereocenters. The third kappa shape index (κ3) is 1.52. The number of benzene rings is 1. The fourth-order valence-electron chi connectivity index (χ4n) is 0.777. The smallest absolute Gasteiger partial charge is 0.137 e. The number of hydrogen-bond acceptors (Lipinski definition) is 2. The summed E-state index contributed by atoms with van der Waals surface area (Å²) in [4.78, 5) is 0. The molecule has 1 rings (SSSR count). The lowest BCUT2D eigenvalue weighted by Gasteiger charge is -2.03. The number of phenols is 1. The van der Waals surface area contributed by atoms with Crippen LogP contribution in [0.4, 0.5) is 4.39 Å². The van der Waals surface area contributed by atoms with Crippen LogP contribution in [0.1, 0.15) is 5.56 Å². The number of hydrogen-bond donors (Lipinski definition) is 2. The number of aromatic hydroxyl groups is 1. The van der Waals surface area contributed by atoms with Crippen molar-refractivity contribution in [2.75, 3.05) is 0 Å². The monoisotopic (exact) mass is 219 g/mol. The molecule has 0 amide bonds. The van der Waals surface area contributed by atoms with E-state index < -0.39 is 5.82 Å². The van der Waals surface area contributed by atoms with Crippen LogP contribution in [0.15, 0.2) is 16.6 Å². The first-order valence-corrected chi connectivity index (χ1v) is 3.82. The van der Waals surface area contributed by atoms with E-state index in [0.29, 0.717) is 4.47 Å². The van der Waals surface area contributed by atoms with Crippen LogP contribution in [0.25, 0.3) is 0 Å². The Morgan fingerprint density at radius 1 is 1.55 bits per heavy atom. The second-order valence-corrected chi connectivity index (χ2v) is 2.91. The molecule has 0 aliphatic carbocycles. The predicted molar refractivity (Wildman–Crippen MR) is 43.7 cm³/mol. The Kier molecular flexibility index (Phi) is 2.46. The van der Waals surface area contributed by atoms with Gasteiger partial charge in [-0.2, -0.15) is 0 Å². The van der Waals surface area contributed by atoms with Crippen molar-refractivity contribution < 1.29 is 9.50 Å². The summed E-state index contributed by atoms with van der Waals surface area (Å²) in [6.45, 7) is -0.00287. The molecule has 1 aromatic rings. The zero-order valence-electron chi connectivity index (χ0n) is 5.64. The lowest BCUT2D eigenvalue weighted by atomic mass is 10.2. The second kappa shape index (κ2) is 3.19. The summed E-state index contributed by atoms with van der Waals surface area (Å²) in [5.41, 5.74) is 5.34. The van der Waals surface area contributed by atoms with E-state index in [9.17, 15) is 9.50 Å². The third-order valence-electron chi connectivity index (χ3n) is 1.38. The third-order valence-corrected chi connectivity index (χ3v) is 2.02. The molecule has 0 saturated heterocycles. The van der Waals surface area contributed by atoms with Gasteiger partial charge in [-0.3, -0.25) is 0 Å². The van der Waals surface area contributed by atoms with Gasteiger partial charge in [0.1, 0.15) is 11.6 Å². The van der Waals surface area contributed by atoms with Crippen LogP contribution in [-0.2, 0) is 6.54 Å². The average molecular weight is 220 g/mol. The van der Waals surface area contributed by atoms with Gasteiger partial charge in [-0.15, -0.1) is 0 Å². The maximum atomic E-state index is 12.8. The van der Waals surface area contributed by atoms with E-state index in [2.05, 4.69) is 15.9 Å². The molecule has 0 heterocycles. The molecule has 0 spiro atoms. The highest BCUT2D eigenvalue weighted by Gasteiger charge is 2.08. The highest BCUT2D eigenvalue weighted by Crippen LogP contribution is 2.28. The van der Waals surface area contributed by atoms with Crippen molar-refractivity contribution in [3.63, 3.8) is 0 Å². The van der Waals surface area contributed by atoms with Crippen molar-refractivity contribution in [3.05, 3.63) is 28.0 Å². The Balaban J connectivity index is 3.29. The van der Waals surface area contributed by atoms with E-state index in [1.54, 1.807) is 0 Å². The van der Waals surface area contributed by atoms with Crippen LogP contribution in [-0.4, -0.2) is 5.11 Å². The van der Waals surface area contributed by atoms with Gasteiger partial charge in [0.15, 0.2) is 0 Å². The highest BCUT2D eigenvalue weighted by molar-refractivity contribution is 9.10. The maximum absolute atomic E-state index is 12.8. The van der Waals surface area contributed by atoms with E-state index in [4.69, 9.17) is 5.73 Å². The van der Waals surface area contributed by atoms with Crippen LogP contribution in [0.3, 0.4) is 0 Å². The summed E-state index contributed by atoms with van der Waals surface area (Å²) >= 11 is 3.05. The standard InChI is InChI=1S/C7H7BrFNO/c8-5-1-2-6(9)4(3-10)7(5)11/h1-2,11H,3,10H2. The van der Waals surface area contributed by atoms with Gasteiger partial charge >= 0.3 is 0 Å². The fraction of sp³-hybridized carbons (Fsp3) is 0.143. The van der Waals surface area contributed by atoms with Crippen molar-refractivity contribution in [3.8, 4) is 5.75 Å². The molecule has 0 saturated carbocycles. The number of halogens is 2. The Labute approximate surface area is 72.0 Å². The van der Waals surface area contributed by atoms with Crippen molar-refractivity contribution in [1.82, 2.24) is 0 Å². The van der Waals surface area contributed by atoms with Gasteiger partial charge in [-0.25, -0.2) is 4.39 Å². The van der Waals surface area contributed by atoms with Gasteiger partial charge in [0.2, 0.25) is 0 Å². The van der Waals surface area contributed by atoms with Crippen LogP contribution in [0.2, 0.25) is 0 Å². The minimum Gasteiger partial charge on any atom is -0.506 e. The molecule has 2 nitrogen and oxygen atoms in total. The zero-order chi connectivity index (χ0) is 8.43. The molecule has 1 aromatic carbocycles. The molecule has 3 N–H and O–H groups in total. The normalized spacial score (nSPS) is 10.1. The van der Waals surface area contributed by atoms with Crippen LogP contribution in [0.5, 0.6) is 5.75 Å². The van der Waals surface area contributed by atoms with Gasteiger partial charge < -0.3 is 10.8 Å². The van der Waals surface area contributed by atoms with Crippen molar-refractivity contribution >= 4 is 15.9 Å². The Morgan fingerprint density at radius 3 is 2.64 bits per heavy atom. The molecule has 11 heavy (non-hydrogen) atoms. The largest absolute Gasteiger partial charge is 0.506 e. The summed E-state index contributed by atoms with van der Waals surface area (Å²) in [5, 5.41) is 9.21. The van der Waals surface area contributed by atoms with Crippen LogP contribution >= 0.6 is 15.9 Å². The highest BCUT2D eigenvalue weighted by atomic mass is 79.9. The number of nitrogens with two attached hydrogens (primary N) is 1. The molecule has 0 aliphatic heterocycles. The first kappa shape index (κ1) is 8.49. The lowest BCUT2D eigenvalue weighted by Crippen LogP contribution is -2.00. The lowest BCUT2D eigenvalue weighted by molar-refractivity contribution is 0.455. The summed E-state index contributed by atoms with van der Waals surface area (Å²) in [5.74, 6) is -0.597. The fourth-order valence-corrected chi connectivity index (χ4v) is 1.15. The second-order valence-electron chi connectivity index (χ2n) is 2.06. The van der Waals surface area contributed by atoms with Crippen LogP contribution in [0, 0.1) is 5.82 Å². The summed E-state index contributed by atoms with van der Waals surface area (Å²) in [6, 6.07) is 2.69.